The van der Waals surface area contributed by atoms with Crippen molar-refractivity contribution in [3.05, 3.63) is 100 Å². The Hall–Kier alpha value is -5.36. The molecule has 13 heteroatoms. The van der Waals surface area contributed by atoms with E-state index in [9.17, 15) is 24.3 Å². The zero-order chi connectivity index (χ0) is 29.8. The SMILES string of the molecule is CC(=O)Nc1cccc2c1CCN(C(=O)/C=C/c1cc(Cl)ccc1-n1cnnn1)C2C(=O)Nc1ccc(C(=O)O)cc1. The van der Waals surface area contributed by atoms with Crippen molar-refractivity contribution in [1.82, 2.24) is 25.1 Å². The molecule has 3 amide bonds. The third-order valence-electron chi connectivity index (χ3n) is 6.65. The Balaban J connectivity index is 1.49. The average molecular weight is 586 g/mol. The number of hydrogen-bond acceptors (Lipinski definition) is 7. The van der Waals surface area contributed by atoms with E-state index in [1.54, 1.807) is 42.5 Å². The monoisotopic (exact) mass is 585 g/mol. The molecular weight excluding hydrogens is 562 g/mol. The number of carbonyl (C=O) groups excluding carboxylic acids is 3. The maximum absolute atomic E-state index is 13.8. The Morgan fingerprint density at radius 2 is 1.83 bits per heavy atom. The number of carbonyl (C=O) groups is 4. The van der Waals surface area contributed by atoms with Crippen molar-refractivity contribution >= 4 is 52.7 Å². The molecule has 1 aromatic heterocycles. The van der Waals surface area contributed by atoms with Crippen LogP contribution in [0.15, 0.2) is 73.1 Å². The predicted octanol–water partition coefficient (Wildman–Crippen LogP) is 3.75. The van der Waals surface area contributed by atoms with Crippen molar-refractivity contribution in [2.75, 3.05) is 17.2 Å². The fraction of sp³-hybridized carbons (Fsp3) is 0.138. The second-order valence-electron chi connectivity index (χ2n) is 9.40. The Labute approximate surface area is 244 Å². The summed E-state index contributed by atoms with van der Waals surface area (Å²) in [6, 6.07) is 14.9. The Kier molecular flexibility index (Phi) is 8.07. The lowest BCUT2D eigenvalue weighted by molar-refractivity contribution is -0.135. The van der Waals surface area contributed by atoms with Crippen LogP contribution in [0.3, 0.4) is 0 Å². The summed E-state index contributed by atoms with van der Waals surface area (Å²) in [5.74, 6) is -2.29. The Morgan fingerprint density at radius 1 is 1.05 bits per heavy atom. The lowest BCUT2D eigenvalue weighted by Crippen LogP contribution is -2.45. The van der Waals surface area contributed by atoms with Gasteiger partial charge in [0.1, 0.15) is 12.4 Å². The molecule has 12 nitrogen and oxygen atoms in total. The number of anilines is 2. The van der Waals surface area contributed by atoms with Gasteiger partial charge < -0.3 is 20.6 Å². The highest BCUT2D eigenvalue weighted by atomic mass is 35.5. The Bertz CT molecular complexity index is 1700. The van der Waals surface area contributed by atoms with Gasteiger partial charge in [-0.15, -0.1) is 5.10 Å². The van der Waals surface area contributed by atoms with E-state index in [2.05, 4.69) is 26.2 Å². The van der Waals surface area contributed by atoms with Gasteiger partial charge in [-0.2, -0.15) is 4.68 Å². The van der Waals surface area contributed by atoms with Crippen LogP contribution in [0.4, 0.5) is 11.4 Å². The zero-order valence-electron chi connectivity index (χ0n) is 22.2. The second kappa shape index (κ2) is 12.0. The summed E-state index contributed by atoms with van der Waals surface area (Å²) in [6.45, 7) is 1.59. The van der Waals surface area contributed by atoms with Crippen LogP contribution >= 0.6 is 11.6 Å². The molecule has 212 valence electrons. The predicted molar refractivity (Wildman–Crippen MR) is 154 cm³/mol. The number of nitrogens with one attached hydrogen (secondary N) is 2. The van der Waals surface area contributed by atoms with E-state index in [-0.39, 0.29) is 18.0 Å². The molecule has 1 atom stereocenters. The smallest absolute Gasteiger partial charge is 0.335 e. The van der Waals surface area contributed by atoms with Gasteiger partial charge in [0.05, 0.1) is 11.3 Å². The maximum Gasteiger partial charge on any atom is 0.335 e. The molecule has 2 heterocycles. The highest BCUT2D eigenvalue weighted by Crippen LogP contribution is 2.35. The minimum Gasteiger partial charge on any atom is -0.478 e. The van der Waals surface area contributed by atoms with Crippen molar-refractivity contribution in [3.63, 3.8) is 0 Å². The molecule has 1 aliphatic rings. The number of carboxylic acid groups (broad SMARTS) is 1. The molecule has 1 aliphatic heterocycles. The third kappa shape index (κ3) is 6.03. The molecule has 3 aromatic carbocycles. The van der Waals surface area contributed by atoms with Gasteiger partial charge >= 0.3 is 5.97 Å². The van der Waals surface area contributed by atoms with Crippen molar-refractivity contribution < 1.29 is 24.3 Å². The molecule has 0 saturated carbocycles. The molecule has 4 aromatic rings. The molecule has 0 fully saturated rings. The average Bonchev–Trinajstić information content (AvgIpc) is 3.50. The fourth-order valence-electron chi connectivity index (χ4n) is 4.80. The normalized spacial score (nSPS) is 14.3. The lowest BCUT2D eigenvalue weighted by atomic mass is 9.90. The highest BCUT2D eigenvalue weighted by molar-refractivity contribution is 6.30. The lowest BCUT2D eigenvalue weighted by Gasteiger charge is -2.36. The maximum atomic E-state index is 13.8. The number of fused-ring (bicyclic) bond motifs is 1. The van der Waals surface area contributed by atoms with Crippen molar-refractivity contribution in [2.45, 2.75) is 19.4 Å². The number of halogens is 1. The zero-order valence-corrected chi connectivity index (χ0v) is 22.9. The number of rotatable bonds is 7. The number of carboxylic acids is 1. The van der Waals surface area contributed by atoms with Crippen molar-refractivity contribution in [3.8, 4) is 5.69 Å². The summed E-state index contributed by atoms with van der Waals surface area (Å²) in [6.07, 6.45) is 4.74. The first-order chi connectivity index (χ1) is 20.2. The first-order valence-corrected chi connectivity index (χ1v) is 13.1. The molecule has 3 N–H and O–H groups in total. The van der Waals surface area contributed by atoms with E-state index in [1.165, 1.54) is 53.2 Å². The third-order valence-corrected chi connectivity index (χ3v) is 6.89. The number of aromatic nitrogens is 4. The van der Waals surface area contributed by atoms with Gasteiger partial charge in [-0.25, -0.2) is 4.79 Å². The summed E-state index contributed by atoms with van der Waals surface area (Å²) in [7, 11) is 0. The minimum atomic E-state index is -1.09. The summed E-state index contributed by atoms with van der Waals surface area (Å²) in [4.78, 5) is 51.9. The van der Waals surface area contributed by atoms with Crippen LogP contribution in [-0.2, 0) is 20.8 Å². The molecule has 0 saturated heterocycles. The summed E-state index contributed by atoms with van der Waals surface area (Å²) >= 11 is 6.21. The van der Waals surface area contributed by atoms with E-state index in [4.69, 9.17) is 11.6 Å². The molecular formula is C29H24ClN7O5. The molecule has 0 spiro atoms. The first-order valence-electron chi connectivity index (χ1n) is 12.8. The standard InChI is InChI=1S/C29H24ClN7O5/c1-17(38)32-24-4-2-3-23-22(24)13-14-36(27(23)28(40)33-21-9-5-18(6-10-21)29(41)42)26(39)12-7-19-15-20(30)8-11-25(19)37-16-31-34-35-37/h2-12,15-16,27H,13-14H2,1H3,(H,32,38)(H,33,40)(H,41,42)/b12-7+. The van der Waals surface area contributed by atoms with Crippen molar-refractivity contribution in [2.24, 2.45) is 0 Å². The van der Waals surface area contributed by atoms with Gasteiger partial charge in [-0.3, -0.25) is 14.4 Å². The van der Waals surface area contributed by atoms with E-state index >= 15 is 0 Å². The molecule has 0 bridgehead atoms. The first kappa shape index (κ1) is 28.2. The van der Waals surface area contributed by atoms with Crippen LogP contribution in [0.25, 0.3) is 11.8 Å². The molecule has 1 unspecified atom stereocenters. The van der Waals surface area contributed by atoms with Crippen molar-refractivity contribution in [1.29, 1.82) is 0 Å². The summed E-state index contributed by atoms with van der Waals surface area (Å²) in [5.41, 5.74) is 3.48. The number of tetrazole rings is 1. The number of nitrogens with zero attached hydrogens (tertiary/aromatic N) is 5. The van der Waals surface area contributed by atoms with Gasteiger partial charge in [-0.1, -0.05) is 23.7 Å². The molecule has 5 rings (SSSR count). The second-order valence-corrected chi connectivity index (χ2v) is 9.84. The number of aromatic carboxylic acids is 1. The quantitative estimate of drug-likeness (QED) is 0.276. The number of amides is 3. The van der Waals surface area contributed by atoms with Crippen LogP contribution < -0.4 is 10.6 Å². The van der Waals surface area contributed by atoms with E-state index in [0.717, 1.165) is 5.56 Å². The van der Waals surface area contributed by atoms with Crippen LogP contribution in [0.1, 0.15) is 40.0 Å². The molecule has 42 heavy (non-hydrogen) atoms. The largest absolute Gasteiger partial charge is 0.478 e. The van der Waals surface area contributed by atoms with Crippen LogP contribution in [-0.4, -0.2) is 60.4 Å². The van der Waals surface area contributed by atoms with Crippen LogP contribution in [0.5, 0.6) is 0 Å². The van der Waals surface area contributed by atoms with Gasteiger partial charge in [0.15, 0.2) is 0 Å². The molecule has 0 aliphatic carbocycles. The van der Waals surface area contributed by atoms with Gasteiger partial charge in [-0.05, 0) is 82.6 Å². The topological polar surface area (TPSA) is 159 Å². The van der Waals surface area contributed by atoms with Crippen LogP contribution in [0, 0.1) is 0 Å². The van der Waals surface area contributed by atoms with E-state index in [0.29, 0.717) is 39.6 Å². The fourth-order valence-corrected chi connectivity index (χ4v) is 4.98. The Morgan fingerprint density at radius 3 is 2.52 bits per heavy atom. The van der Waals surface area contributed by atoms with Gasteiger partial charge in [0.25, 0.3) is 5.91 Å². The highest BCUT2D eigenvalue weighted by Gasteiger charge is 2.36. The molecule has 0 radical (unpaired) electrons. The van der Waals surface area contributed by atoms with Gasteiger partial charge in [0, 0.05) is 41.5 Å². The van der Waals surface area contributed by atoms with E-state index in [1.807, 2.05) is 0 Å². The number of hydrogen-bond donors (Lipinski definition) is 3. The van der Waals surface area contributed by atoms with Crippen LogP contribution in [0.2, 0.25) is 5.02 Å². The summed E-state index contributed by atoms with van der Waals surface area (Å²) in [5, 5.41) is 26.4. The van der Waals surface area contributed by atoms with E-state index < -0.39 is 23.8 Å². The minimum absolute atomic E-state index is 0.0694. The van der Waals surface area contributed by atoms with Gasteiger partial charge in [0.2, 0.25) is 11.8 Å². The number of benzene rings is 3. The summed E-state index contributed by atoms with van der Waals surface area (Å²) < 4.78 is 1.44.